The molecule has 4 rings (SSSR count). The monoisotopic (exact) mass is 393 g/mol. The van der Waals surface area contributed by atoms with Crippen molar-refractivity contribution in [1.82, 2.24) is 10.2 Å². The number of nitrogens with zero attached hydrogens (tertiary/aromatic N) is 2. The number of benzene rings is 2. The van der Waals surface area contributed by atoms with Crippen molar-refractivity contribution < 1.29 is 9.53 Å². The van der Waals surface area contributed by atoms with Crippen LogP contribution in [0.1, 0.15) is 36.0 Å². The lowest BCUT2D eigenvalue weighted by atomic mass is 9.88. The molecule has 2 aromatic rings. The second-order valence-corrected chi connectivity index (χ2v) is 7.99. The van der Waals surface area contributed by atoms with Crippen LogP contribution >= 0.6 is 0 Å². The Balaban J connectivity index is 1.39. The summed E-state index contributed by atoms with van der Waals surface area (Å²) < 4.78 is 5.54. The molecule has 5 nitrogen and oxygen atoms in total. The number of nitrogens with one attached hydrogen (secondary N) is 1. The number of ether oxygens (including phenoxy) is 1. The summed E-state index contributed by atoms with van der Waals surface area (Å²) in [6.07, 6.45) is 4.66. The number of hydrogen-bond acceptors (Lipinski definition) is 4. The molecular formula is C24H31N3O2. The molecule has 2 aromatic carbocycles. The summed E-state index contributed by atoms with van der Waals surface area (Å²) in [6.45, 7) is 3.99. The largest absolute Gasteiger partial charge is 0.495 e. The van der Waals surface area contributed by atoms with Crippen molar-refractivity contribution in [3.05, 3.63) is 60.2 Å². The molecule has 0 unspecified atom stereocenters. The van der Waals surface area contributed by atoms with E-state index in [9.17, 15) is 4.79 Å². The summed E-state index contributed by atoms with van der Waals surface area (Å²) in [7, 11) is 1.73. The average molecular weight is 394 g/mol. The van der Waals surface area contributed by atoms with Crippen molar-refractivity contribution in [3.63, 3.8) is 0 Å². The Hall–Kier alpha value is -2.53. The highest BCUT2D eigenvalue weighted by Crippen LogP contribution is 2.30. The van der Waals surface area contributed by atoms with Crippen molar-refractivity contribution in [2.75, 3.05) is 38.2 Å². The lowest BCUT2D eigenvalue weighted by molar-refractivity contribution is 0.0817. The summed E-state index contributed by atoms with van der Waals surface area (Å²) in [6, 6.07) is 18.5. The van der Waals surface area contributed by atoms with Gasteiger partial charge in [0.15, 0.2) is 0 Å². The topological polar surface area (TPSA) is 44.8 Å². The van der Waals surface area contributed by atoms with E-state index in [1.165, 1.54) is 18.5 Å². The summed E-state index contributed by atoms with van der Waals surface area (Å²) >= 11 is 0. The number of methoxy groups -OCH3 is 1. The Morgan fingerprint density at radius 3 is 2.38 bits per heavy atom. The van der Waals surface area contributed by atoms with Gasteiger partial charge in [0, 0.05) is 43.8 Å². The molecule has 0 spiro atoms. The van der Waals surface area contributed by atoms with Gasteiger partial charge in [0.1, 0.15) is 5.75 Å². The van der Waals surface area contributed by atoms with Crippen molar-refractivity contribution >= 4 is 11.6 Å². The van der Waals surface area contributed by atoms with E-state index in [1.807, 2.05) is 42.5 Å². The van der Waals surface area contributed by atoms with Gasteiger partial charge in [-0.25, -0.2) is 0 Å². The quantitative estimate of drug-likeness (QED) is 0.844. The first-order chi connectivity index (χ1) is 14.3. The Morgan fingerprint density at radius 2 is 1.62 bits per heavy atom. The maximum Gasteiger partial charge on any atom is 0.251 e. The Bertz CT molecular complexity index is 803. The number of carbonyl (C=O) groups is 1. The highest BCUT2D eigenvalue weighted by atomic mass is 16.5. The number of para-hydroxylation sites is 2. The van der Waals surface area contributed by atoms with Gasteiger partial charge in [-0.15, -0.1) is 0 Å². The van der Waals surface area contributed by atoms with E-state index in [-0.39, 0.29) is 11.9 Å². The molecular weight excluding hydrogens is 362 g/mol. The van der Waals surface area contributed by atoms with Crippen LogP contribution in [0.4, 0.5) is 5.69 Å². The van der Waals surface area contributed by atoms with E-state index in [1.54, 1.807) is 7.11 Å². The summed E-state index contributed by atoms with van der Waals surface area (Å²) in [5.41, 5.74) is 1.92. The fraction of sp³-hybridized carbons (Fsp3) is 0.458. The number of piperazine rings is 1. The van der Waals surface area contributed by atoms with Gasteiger partial charge in [0.2, 0.25) is 0 Å². The van der Waals surface area contributed by atoms with Crippen LogP contribution < -0.4 is 15.0 Å². The Kier molecular flexibility index (Phi) is 6.35. The lowest BCUT2D eigenvalue weighted by Gasteiger charge is -2.45. The van der Waals surface area contributed by atoms with Crippen molar-refractivity contribution in [1.29, 1.82) is 0 Å². The molecule has 154 valence electrons. The normalized spacial score (nSPS) is 22.9. The van der Waals surface area contributed by atoms with E-state index in [0.717, 1.165) is 50.3 Å². The van der Waals surface area contributed by atoms with E-state index in [4.69, 9.17) is 4.74 Å². The number of rotatable bonds is 5. The van der Waals surface area contributed by atoms with Crippen LogP contribution in [-0.2, 0) is 0 Å². The van der Waals surface area contributed by atoms with E-state index in [0.29, 0.717) is 6.04 Å². The van der Waals surface area contributed by atoms with Crippen LogP contribution in [0.25, 0.3) is 0 Å². The summed E-state index contributed by atoms with van der Waals surface area (Å²) in [4.78, 5) is 17.7. The molecule has 1 N–H and O–H groups in total. The number of anilines is 1. The van der Waals surface area contributed by atoms with E-state index >= 15 is 0 Å². The predicted molar refractivity (Wildman–Crippen MR) is 117 cm³/mol. The van der Waals surface area contributed by atoms with E-state index in [2.05, 4.69) is 27.2 Å². The highest BCUT2D eigenvalue weighted by molar-refractivity contribution is 5.94. The molecule has 0 aromatic heterocycles. The molecule has 2 fully saturated rings. The van der Waals surface area contributed by atoms with Crippen molar-refractivity contribution in [3.8, 4) is 5.75 Å². The van der Waals surface area contributed by atoms with Crippen LogP contribution in [0.15, 0.2) is 54.6 Å². The predicted octanol–water partition coefficient (Wildman–Crippen LogP) is 3.56. The summed E-state index contributed by atoms with van der Waals surface area (Å²) in [5.74, 6) is 0.988. The molecule has 1 saturated heterocycles. The minimum Gasteiger partial charge on any atom is -0.495 e. The summed E-state index contributed by atoms with van der Waals surface area (Å²) in [5, 5.41) is 3.33. The zero-order valence-corrected chi connectivity index (χ0v) is 17.2. The van der Waals surface area contributed by atoms with Gasteiger partial charge in [0.25, 0.3) is 5.91 Å². The number of carbonyl (C=O) groups excluding carboxylic acids is 1. The van der Waals surface area contributed by atoms with Crippen LogP contribution in [0, 0.1) is 0 Å². The molecule has 0 radical (unpaired) electrons. The van der Waals surface area contributed by atoms with Gasteiger partial charge in [-0.3, -0.25) is 9.69 Å². The third-order valence-corrected chi connectivity index (χ3v) is 6.29. The molecule has 2 aliphatic rings. The minimum atomic E-state index is 0.0511. The highest BCUT2D eigenvalue weighted by Gasteiger charge is 2.33. The smallest absolute Gasteiger partial charge is 0.251 e. The average Bonchev–Trinajstić information content (AvgIpc) is 2.80. The molecule has 1 heterocycles. The molecule has 1 aliphatic carbocycles. The molecule has 2 atom stereocenters. The maximum absolute atomic E-state index is 12.7. The van der Waals surface area contributed by atoms with Crippen LogP contribution in [0.5, 0.6) is 5.75 Å². The molecule has 1 aliphatic heterocycles. The Labute approximate surface area is 173 Å². The zero-order chi connectivity index (χ0) is 20.1. The lowest BCUT2D eigenvalue weighted by Crippen LogP contribution is -2.58. The SMILES string of the molecule is COc1ccccc1N1CCN([C@H]2CCCC[C@@H]2NC(=O)c2ccccc2)CC1. The third kappa shape index (κ3) is 4.56. The fourth-order valence-electron chi connectivity index (χ4n) is 4.74. The zero-order valence-electron chi connectivity index (χ0n) is 17.2. The molecule has 1 saturated carbocycles. The first kappa shape index (κ1) is 19.8. The maximum atomic E-state index is 12.7. The van der Waals surface area contributed by atoms with Gasteiger partial charge in [0.05, 0.1) is 12.8 Å². The van der Waals surface area contributed by atoms with Crippen molar-refractivity contribution in [2.24, 2.45) is 0 Å². The van der Waals surface area contributed by atoms with Crippen LogP contribution in [0.3, 0.4) is 0 Å². The van der Waals surface area contributed by atoms with E-state index < -0.39 is 0 Å². The first-order valence-electron chi connectivity index (χ1n) is 10.7. The molecule has 29 heavy (non-hydrogen) atoms. The second-order valence-electron chi connectivity index (χ2n) is 7.99. The van der Waals surface area contributed by atoms with Gasteiger partial charge >= 0.3 is 0 Å². The van der Waals surface area contributed by atoms with Gasteiger partial charge in [-0.05, 0) is 37.1 Å². The minimum absolute atomic E-state index is 0.0511. The number of amides is 1. The van der Waals surface area contributed by atoms with Gasteiger partial charge in [-0.2, -0.15) is 0 Å². The molecule has 1 amide bonds. The second kappa shape index (κ2) is 9.31. The molecule has 5 heteroatoms. The Morgan fingerprint density at radius 1 is 0.931 bits per heavy atom. The van der Waals surface area contributed by atoms with Crippen molar-refractivity contribution in [2.45, 2.75) is 37.8 Å². The first-order valence-corrected chi connectivity index (χ1v) is 10.7. The van der Waals surface area contributed by atoms with Gasteiger partial charge in [-0.1, -0.05) is 43.2 Å². The third-order valence-electron chi connectivity index (χ3n) is 6.29. The number of hydrogen-bond donors (Lipinski definition) is 1. The molecule has 0 bridgehead atoms. The van der Waals surface area contributed by atoms with Gasteiger partial charge < -0.3 is 15.0 Å². The van der Waals surface area contributed by atoms with Crippen LogP contribution in [0.2, 0.25) is 0 Å². The fourth-order valence-corrected chi connectivity index (χ4v) is 4.74. The standard InChI is InChI=1S/C24H31N3O2/c1-29-23-14-8-7-13-22(23)27-17-15-26(16-18-27)21-12-6-5-11-20(21)25-24(28)19-9-3-2-4-10-19/h2-4,7-10,13-14,20-21H,5-6,11-12,15-18H2,1H3,(H,25,28)/t20-,21-/m0/s1. The van der Waals surface area contributed by atoms with Crippen LogP contribution in [-0.4, -0.2) is 56.2 Å².